The highest BCUT2D eigenvalue weighted by Crippen LogP contribution is 2.13. The molecule has 2 rings (SSSR count). The Kier molecular flexibility index (Phi) is 4.38. The first-order valence-electron chi connectivity index (χ1n) is 6.84. The first-order valence-corrected chi connectivity index (χ1v) is 6.84. The second kappa shape index (κ2) is 6.02. The molecule has 0 saturated heterocycles. The molecule has 102 valence electrons. The summed E-state index contributed by atoms with van der Waals surface area (Å²) in [5.74, 6) is 0.957. The molecule has 3 nitrogen and oxygen atoms in total. The number of hydrogen-bond acceptors (Lipinski definition) is 2. The molecule has 0 aliphatic rings. The number of aliphatic hydroxyl groups is 1. The molecule has 1 aromatic carbocycles. The molecule has 0 spiro atoms. The zero-order valence-corrected chi connectivity index (χ0v) is 11.9. The van der Waals surface area contributed by atoms with Gasteiger partial charge in [-0.25, -0.2) is 4.98 Å². The van der Waals surface area contributed by atoms with Gasteiger partial charge in [-0.3, -0.25) is 0 Å². The standard InChI is InChI=1S/C16H22N2O/c1-4-18-8-7-17-16(18)11-15(19)10-14-6-5-12(2)13(3)9-14/h5-9,15,19H,4,10-11H2,1-3H3. The Morgan fingerprint density at radius 3 is 2.68 bits per heavy atom. The minimum absolute atomic E-state index is 0.380. The van der Waals surface area contributed by atoms with E-state index < -0.39 is 0 Å². The fraction of sp³-hybridized carbons (Fsp3) is 0.438. The summed E-state index contributed by atoms with van der Waals surface area (Å²) in [6.07, 6.45) is 4.65. The lowest BCUT2D eigenvalue weighted by Crippen LogP contribution is -2.17. The Morgan fingerprint density at radius 2 is 2.00 bits per heavy atom. The molecular formula is C16H22N2O. The molecule has 19 heavy (non-hydrogen) atoms. The summed E-state index contributed by atoms with van der Waals surface area (Å²) in [5, 5.41) is 10.2. The molecular weight excluding hydrogens is 236 g/mol. The molecule has 1 unspecified atom stereocenters. The van der Waals surface area contributed by atoms with Crippen LogP contribution in [0.1, 0.15) is 29.4 Å². The SMILES string of the molecule is CCn1ccnc1CC(O)Cc1ccc(C)c(C)c1. The van der Waals surface area contributed by atoms with Crippen LogP contribution >= 0.6 is 0 Å². The number of hydrogen-bond donors (Lipinski definition) is 1. The molecule has 1 heterocycles. The Balaban J connectivity index is 2.01. The van der Waals surface area contributed by atoms with Gasteiger partial charge in [-0.05, 0) is 43.9 Å². The molecule has 0 radical (unpaired) electrons. The van der Waals surface area contributed by atoms with Gasteiger partial charge in [0.25, 0.3) is 0 Å². The van der Waals surface area contributed by atoms with Crippen LogP contribution in [0.25, 0.3) is 0 Å². The van der Waals surface area contributed by atoms with Crippen LogP contribution < -0.4 is 0 Å². The summed E-state index contributed by atoms with van der Waals surface area (Å²) in [6.45, 7) is 7.19. The highest BCUT2D eigenvalue weighted by molar-refractivity contribution is 5.30. The van der Waals surface area contributed by atoms with Gasteiger partial charge in [0.15, 0.2) is 0 Å². The second-order valence-corrected chi connectivity index (χ2v) is 5.11. The Labute approximate surface area is 114 Å². The Morgan fingerprint density at radius 1 is 1.21 bits per heavy atom. The zero-order chi connectivity index (χ0) is 13.8. The highest BCUT2D eigenvalue weighted by atomic mass is 16.3. The van der Waals surface area contributed by atoms with E-state index in [1.165, 1.54) is 16.7 Å². The van der Waals surface area contributed by atoms with Crippen molar-refractivity contribution in [2.75, 3.05) is 0 Å². The van der Waals surface area contributed by atoms with Crippen LogP contribution in [0.2, 0.25) is 0 Å². The Hall–Kier alpha value is -1.61. The van der Waals surface area contributed by atoms with Gasteiger partial charge in [0.1, 0.15) is 5.82 Å². The molecule has 0 fully saturated rings. The number of rotatable bonds is 5. The average Bonchev–Trinajstić information content (AvgIpc) is 2.81. The van der Waals surface area contributed by atoms with Crippen molar-refractivity contribution in [3.63, 3.8) is 0 Å². The summed E-state index contributed by atoms with van der Waals surface area (Å²) >= 11 is 0. The van der Waals surface area contributed by atoms with Gasteiger partial charge in [-0.15, -0.1) is 0 Å². The van der Waals surface area contributed by atoms with E-state index >= 15 is 0 Å². The first kappa shape index (κ1) is 13.8. The van der Waals surface area contributed by atoms with E-state index in [0.29, 0.717) is 12.8 Å². The van der Waals surface area contributed by atoms with Gasteiger partial charge >= 0.3 is 0 Å². The quantitative estimate of drug-likeness (QED) is 0.895. The fourth-order valence-electron chi connectivity index (χ4n) is 2.30. The van der Waals surface area contributed by atoms with Crippen molar-refractivity contribution in [1.29, 1.82) is 0 Å². The van der Waals surface area contributed by atoms with Gasteiger partial charge in [0.05, 0.1) is 6.10 Å². The van der Waals surface area contributed by atoms with Crippen LogP contribution in [0.4, 0.5) is 0 Å². The van der Waals surface area contributed by atoms with Gasteiger partial charge in [0.2, 0.25) is 0 Å². The Bertz CT molecular complexity index is 545. The number of aliphatic hydroxyl groups excluding tert-OH is 1. The van der Waals surface area contributed by atoms with E-state index in [-0.39, 0.29) is 6.10 Å². The first-order chi connectivity index (χ1) is 9.10. The molecule has 0 aliphatic heterocycles. The van der Waals surface area contributed by atoms with Gasteiger partial charge in [-0.1, -0.05) is 18.2 Å². The normalized spacial score (nSPS) is 12.6. The average molecular weight is 258 g/mol. The molecule has 0 saturated carbocycles. The third-order valence-corrected chi connectivity index (χ3v) is 3.60. The van der Waals surface area contributed by atoms with Crippen molar-refractivity contribution < 1.29 is 5.11 Å². The second-order valence-electron chi connectivity index (χ2n) is 5.11. The van der Waals surface area contributed by atoms with E-state index in [2.05, 4.69) is 48.5 Å². The smallest absolute Gasteiger partial charge is 0.111 e. The lowest BCUT2D eigenvalue weighted by atomic mass is 10.0. The minimum Gasteiger partial charge on any atom is -0.392 e. The van der Waals surface area contributed by atoms with Crippen molar-refractivity contribution in [2.45, 2.75) is 46.3 Å². The largest absolute Gasteiger partial charge is 0.392 e. The van der Waals surface area contributed by atoms with Crippen molar-refractivity contribution in [1.82, 2.24) is 9.55 Å². The maximum Gasteiger partial charge on any atom is 0.111 e. The zero-order valence-electron chi connectivity index (χ0n) is 11.9. The summed E-state index contributed by atoms with van der Waals surface area (Å²) in [5.41, 5.74) is 3.75. The lowest BCUT2D eigenvalue weighted by Gasteiger charge is -2.12. The molecule has 2 aromatic rings. The number of nitrogens with zero attached hydrogens (tertiary/aromatic N) is 2. The van der Waals surface area contributed by atoms with E-state index in [9.17, 15) is 5.11 Å². The van der Waals surface area contributed by atoms with Crippen molar-refractivity contribution >= 4 is 0 Å². The molecule has 1 N–H and O–H groups in total. The summed E-state index contributed by atoms with van der Waals surface area (Å²) in [4.78, 5) is 4.30. The molecule has 1 atom stereocenters. The van der Waals surface area contributed by atoms with Gasteiger partial charge < -0.3 is 9.67 Å². The van der Waals surface area contributed by atoms with E-state index in [0.717, 1.165) is 12.4 Å². The van der Waals surface area contributed by atoms with Gasteiger partial charge in [-0.2, -0.15) is 0 Å². The minimum atomic E-state index is -0.380. The third kappa shape index (κ3) is 3.44. The predicted molar refractivity (Wildman–Crippen MR) is 77.2 cm³/mol. The van der Waals surface area contributed by atoms with Crippen LogP contribution in [0.15, 0.2) is 30.6 Å². The maximum atomic E-state index is 10.2. The summed E-state index contributed by atoms with van der Waals surface area (Å²) in [7, 11) is 0. The van der Waals surface area contributed by atoms with E-state index in [1.54, 1.807) is 6.20 Å². The fourth-order valence-corrected chi connectivity index (χ4v) is 2.30. The van der Waals surface area contributed by atoms with E-state index in [4.69, 9.17) is 0 Å². The van der Waals surface area contributed by atoms with Crippen LogP contribution in [0, 0.1) is 13.8 Å². The molecule has 1 aromatic heterocycles. The monoisotopic (exact) mass is 258 g/mol. The number of aryl methyl sites for hydroxylation is 3. The topological polar surface area (TPSA) is 38.0 Å². The van der Waals surface area contributed by atoms with Crippen molar-refractivity contribution in [3.05, 3.63) is 53.1 Å². The number of imidazole rings is 1. The highest BCUT2D eigenvalue weighted by Gasteiger charge is 2.11. The summed E-state index contributed by atoms with van der Waals surface area (Å²) in [6, 6.07) is 6.37. The van der Waals surface area contributed by atoms with Crippen LogP contribution in [0.3, 0.4) is 0 Å². The van der Waals surface area contributed by atoms with Gasteiger partial charge in [0, 0.05) is 25.4 Å². The summed E-state index contributed by atoms with van der Waals surface area (Å²) < 4.78 is 2.07. The van der Waals surface area contributed by atoms with E-state index in [1.807, 2.05) is 6.20 Å². The third-order valence-electron chi connectivity index (χ3n) is 3.60. The van der Waals surface area contributed by atoms with Crippen molar-refractivity contribution in [2.24, 2.45) is 0 Å². The number of aromatic nitrogens is 2. The number of benzene rings is 1. The lowest BCUT2D eigenvalue weighted by molar-refractivity contribution is 0.171. The molecule has 3 heteroatoms. The predicted octanol–water partition coefficient (Wildman–Crippen LogP) is 2.67. The molecule has 0 amide bonds. The molecule has 0 aliphatic carbocycles. The molecule has 0 bridgehead atoms. The maximum absolute atomic E-state index is 10.2. The van der Waals surface area contributed by atoms with Crippen LogP contribution in [-0.4, -0.2) is 20.8 Å². The van der Waals surface area contributed by atoms with Crippen LogP contribution in [-0.2, 0) is 19.4 Å². The van der Waals surface area contributed by atoms with Crippen LogP contribution in [0.5, 0.6) is 0 Å². The van der Waals surface area contributed by atoms with Crippen molar-refractivity contribution in [3.8, 4) is 0 Å².